The first-order valence-corrected chi connectivity index (χ1v) is 9.76. The maximum absolute atomic E-state index is 12.8. The van der Waals surface area contributed by atoms with Gasteiger partial charge < -0.3 is 4.98 Å². The molecule has 6 nitrogen and oxygen atoms in total. The largest absolute Gasteiger partial charge is 0.336 e. The third-order valence-electron chi connectivity index (χ3n) is 4.50. The number of fused-ring (bicyclic) bond motifs is 1. The van der Waals surface area contributed by atoms with Crippen molar-refractivity contribution in [1.82, 2.24) is 19.4 Å². The number of nitrogens with one attached hydrogen (secondary N) is 2. The van der Waals surface area contributed by atoms with Crippen LogP contribution < -0.4 is 5.32 Å². The van der Waals surface area contributed by atoms with Crippen molar-refractivity contribution in [1.29, 1.82) is 0 Å². The smallest absolute Gasteiger partial charge is 0.276 e. The number of H-pyrrole nitrogens is 1. The van der Waals surface area contributed by atoms with E-state index >= 15 is 0 Å². The van der Waals surface area contributed by atoms with Gasteiger partial charge in [-0.15, -0.1) is 11.3 Å². The Hall–Kier alpha value is -2.29. The van der Waals surface area contributed by atoms with Gasteiger partial charge in [0.1, 0.15) is 5.69 Å². The van der Waals surface area contributed by atoms with E-state index in [1.54, 1.807) is 22.1 Å². The number of aromatic amines is 1. The first-order valence-electron chi connectivity index (χ1n) is 8.54. The van der Waals surface area contributed by atoms with Gasteiger partial charge in [0.2, 0.25) is 0 Å². The zero-order valence-electron chi connectivity index (χ0n) is 14.4. The van der Waals surface area contributed by atoms with E-state index in [-0.39, 0.29) is 5.91 Å². The van der Waals surface area contributed by atoms with E-state index in [9.17, 15) is 4.79 Å². The van der Waals surface area contributed by atoms with Gasteiger partial charge in [-0.05, 0) is 30.9 Å². The zero-order valence-corrected chi connectivity index (χ0v) is 16.0. The number of hydrogen-bond donors (Lipinski definition) is 2. The molecule has 0 saturated carbocycles. The second-order valence-electron chi connectivity index (χ2n) is 6.11. The summed E-state index contributed by atoms with van der Waals surface area (Å²) in [5, 5.41) is 3.58. The summed E-state index contributed by atoms with van der Waals surface area (Å²) in [6.07, 6.45) is 2.57. The molecule has 134 valence electrons. The van der Waals surface area contributed by atoms with Crippen molar-refractivity contribution in [2.45, 2.75) is 19.9 Å². The van der Waals surface area contributed by atoms with Crippen LogP contribution in [0, 0.1) is 4.77 Å². The predicted molar refractivity (Wildman–Crippen MR) is 106 cm³/mol. The minimum atomic E-state index is -0.223. The first-order chi connectivity index (χ1) is 12.7. The number of carbonyl (C=O) groups excluding carboxylic acids is 1. The summed E-state index contributed by atoms with van der Waals surface area (Å²) in [6.45, 7) is 5.12. The zero-order chi connectivity index (χ0) is 18.1. The Morgan fingerprint density at radius 1 is 1.38 bits per heavy atom. The average Bonchev–Trinajstić information content (AvgIpc) is 3.24. The molecule has 0 radical (unpaired) electrons. The van der Waals surface area contributed by atoms with Gasteiger partial charge in [-0.25, -0.2) is 4.98 Å². The van der Waals surface area contributed by atoms with E-state index in [0.717, 1.165) is 37.4 Å². The number of benzene rings is 1. The highest BCUT2D eigenvalue weighted by Crippen LogP contribution is 2.28. The van der Waals surface area contributed by atoms with E-state index in [2.05, 4.69) is 27.1 Å². The molecule has 2 N–H and O–H groups in total. The maximum atomic E-state index is 12.8. The second kappa shape index (κ2) is 7.14. The summed E-state index contributed by atoms with van der Waals surface area (Å²) in [6, 6.07) is 9.60. The van der Waals surface area contributed by atoms with Crippen molar-refractivity contribution in [3.8, 4) is 5.69 Å². The van der Waals surface area contributed by atoms with Gasteiger partial charge in [-0.3, -0.25) is 19.6 Å². The third-order valence-corrected chi connectivity index (χ3v) is 5.80. The minimum absolute atomic E-state index is 0.223. The van der Waals surface area contributed by atoms with Crippen molar-refractivity contribution in [2.24, 2.45) is 0 Å². The second-order valence-corrected chi connectivity index (χ2v) is 7.58. The molecule has 0 fully saturated rings. The molecule has 26 heavy (non-hydrogen) atoms. The van der Waals surface area contributed by atoms with E-state index in [4.69, 9.17) is 12.2 Å². The molecule has 4 rings (SSSR count). The average molecular weight is 386 g/mol. The molecule has 1 amide bonds. The van der Waals surface area contributed by atoms with Gasteiger partial charge in [0, 0.05) is 36.3 Å². The topological polar surface area (TPSA) is 66.0 Å². The Balaban J connectivity index is 1.59. The predicted octanol–water partition coefficient (Wildman–Crippen LogP) is 3.62. The molecular weight excluding hydrogens is 366 g/mol. The summed E-state index contributed by atoms with van der Waals surface area (Å²) < 4.78 is 2.22. The molecule has 1 aliphatic heterocycles. The molecule has 0 saturated heterocycles. The van der Waals surface area contributed by atoms with Gasteiger partial charge in [-0.1, -0.05) is 25.1 Å². The van der Waals surface area contributed by atoms with Crippen LogP contribution in [0.3, 0.4) is 0 Å². The van der Waals surface area contributed by atoms with E-state index in [0.29, 0.717) is 15.6 Å². The number of rotatable bonds is 4. The van der Waals surface area contributed by atoms with Crippen LogP contribution in [0.25, 0.3) is 5.69 Å². The molecule has 0 unspecified atom stereocenters. The summed E-state index contributed by atoms with van der Waals surface area (Å²) >= 11 is 6.90. The number of carbonyl (C=O) groups is 1. The number of nitrogens with zero attached hydrogens (tertiary/aromatic N) is 3. The Morgan fingerprint density at radius 3 is 2.96 bits per heavy atom. The summed E-state index contributed by atoms with van der Waals surface area (Å²) in [7, 11) is 0. The lowest BCUT2D eigenvalue weighted by Gasteiger charge is -2.23. The van der Waals surface area contributed by atoms with Gasteiger partial charge in [0.25, 0.3) is 5.91 Å². The summed E-state index contributed by atoms with van der Waals surface area (Å²) in [4.78, 5) is 24.0. The molecule has 0 atom stereocenters. The van der Waals surface area contributed by atoms with Gasteiger partial charge >= 0.3 is 0 Å². The minimum Gasteiger partial charge on any atom is -0.336 e. The van der Waals surface area contributed by atoms with Gasteiger partial charge in [0.05, 0.1) is 5.69 Å². The van der Waals surface area contributed by atoms with Crippen LogP contribution >= 0.6 is 23.6 Å². The fraction of sp³-hybridized carbons (Fsp3) is 0.278. The highest BCUT2D eigenvalue weighted by atomic mass is 32.1. The van der Waals surface area contributed by atoms with Crippen LogP contribution in [0.1, 0.15) is 28.0 Å². The highest BCUT2D eigenvalue weighted by molar-refractivity contribution is 7.71. The number of likely N-dealkylation sites (N-methyl/N-ethyl adjacent to an activating group) is 1. The Morgan fingerprint density at radius 2 is 2.19 bits per heavy atom. The molecule has 3 aromatic rings. The SMILES string of the molecule is CCN1CCc2nc(NC(=O)c3c[nH]c(=S)n3-c3ccccc3)sc2C1. The van der Waals surface area contributed by atoms with Gasteiger partial charge in [0.15, 0.2) is 9.90 Å². The number of amides is 1. The Bertz CT molecular complexity index is 989. The Kier molecular flexibility index (Phi) is 4.71. The number of hydrogen-bond acceptors (Lipinski definition) is 5. The molecule has 0 spiro atoms. The highest BCUT2D eigenvalue weighted by Gasteiger charge is 2.21. The monoisotopic (exact) mass is 385 g/mol. The normalized spacial score (nSPS) is 14.2. The van der Waals surface area contributed by atoms with Crippen LogP contribution in [0.5, 0.6) is 0 Å². The number of imidazole rings is 1. The Labute approximate surface area is 160 Å². The molecule has 0 bridgehead atoms. The number of anilines is 1. The molecule has 8 heteroatoms. The van der Waals surface area contributed by atoms with Crippen LogP contribution in [-0.2, 0) is 13.0 Å². The van der Waals surface area contributed by atoms with Crippen LogP contribution in [0.4, 0.5) is 5.13 Å². The van der Waals surface area contributed by atoms with Crippen molar-refractivity contribution in [3.05, 3.63) is 57.6 Å². The lowest BCUT2D eigenvalue weighted by molar-refractivity contribution is 0.102. The fourth-order valence-electron chi connectivity index (χ4n) is 3.10. The molecular formula is C18H19N5OS2. The lowest BCUT2D eigenvalue weighted by Crippen LogP contribution is -2.29. The van der Waals surface area contributed by atoms with Crippen molar-refractivity contribution < 1.29 is 4.79 Å². The van der Waals surface area contributed by atoms with Crippen LogP contribution in [0.15, 0.2) is 36.5 Å². The lowest BCUT2D eigenvalue weighted by atomic mass is 10.2. The quantitative estimate of drug-likeness (QED) is 0.673. The molecule has 2 aromatic heterocycles. The fourth-order valence-corrected chi connectivity index (χ4v) is 4.41. The van der Waals surface area contributed by atoms with Crippen molar-refractivity contribution in [2.75, 3.05) is 18.4 Å². The standard InChI is InChI=1S/C18H19N5OS2/c1-2-22-9-8-13-15(11-22)26-17(20-13)21-16(24)14-10-19-18(25)23(14)12-6-4-3-5-7-12/h3-7,10H,2,8-9,11H2,1H3,(H,19,25)(H,20,21,24). The third kappa shape index (κ3) is 3.23. The summed E-state index contributed by atoms with van der Waals surface area (Å²) in [5.41, 5.74) is 2.41. The van der Waals surface area contributed by atoms with Crippen molar-refractivity contribution >= 4 is 34.6 Å². The number of aromatic nitrogens is 3. The number of para-hydroxylation sites is 1. The molecule has 1 aromatic carbocycles. The molecule has 0 aliphatic carbocycles. The van der Waals surface area contributed by atoms with E-state index in [1.807, 2.05) is 30.3 Å². The maximum Gasteiger partial charge on any atom is 0.276 e. The molecule has 1 aliphatic rings. The van der Waals surface area contributed by atoms with E-state index in [1.165, 1.54) is 4.88 Å². The summed E-state index contributed by atoms with van der Waals surface area (Å²) in [5.74, 6) is -0.223. The van der Waals surface area contributed by atoms with E-state index < -0.39 is 0 Å². The van der Waals surface area contributed by atoms with Crippen LogP contribution in [-0.4, -0.2) is 38.4 Å². The number of thiazole rings is 1. The first kappa shape index (κ1) is 17.1. The van der Waals surface area contributed by atoms with Gasteiger partial charge in [-0.2, -0.15) is 0 Å². The van der Waals surface area contributed by atoms with Crippen molar-refractivity contribution in [3.63, 3.8) is 0 Å². The van der Waals surface area contributed by atoms with Crippen LogP contribution in [0.2, 0.25) is 0 Å². The molecule has 3 heterocycles.